The number of amides is 1. The fraction of sp³-hybridized carbons (Fsp3) is 0.105. The van der Waals surface area contributed by atoms with Crippen molar-refractivity contribution in [2.75, 3.05) is 7.05 Å². The lowest BCUT2D eigenvalue weighted by Gasteiger charge is -2.17. The molecule has 1 heterocycles. The number of nitro groups is 1. The van der Waals surface area contributed by atoms with Crippen molar-refractivity contribution in [1.29, 1.82) is 0 Å². The van der Waals surface area contributed by atoms with E-state index >= 15 is 0 Å². The molecule has 8 heteroatoms. The number of hydrogen-bond donors (Lipinski definition) is 0. The number of hydrogen-bond acceptors (Lipinski definition) is 5. The lowest BCUT2D eigenvalue weighted by Crippen LogP contribution is -2.26. The summed E-state index contributed by atoms with van der Waals surface area (Å²) < 4.78 is 0. The topological polar surface area (TPSA) is 89.2 Å². The van der Waals surface area contributed by atoms with Gasteiger partial charge in [0.2, 0.25) is 0 Å². The van der Waals surface area contributed by atoms with Gasteiger partial charge >= 0.3 is 0 Å². The number of aromatic nitrogens is 2. The van der Waals surface area contributed by atoms with Gasteiger partial charge in [-0.25, -0.2) is 9.97 Å². The van der Waals surface area contributed by atoms with Crippen LogP contribution in [0.3, 0.4) is 0 Å². The van der Waals surface area contributed by atoms with E-state index < -0.39 is 4.92 Å². The van der Waals surface area contributed by atoms with E-state index in [0.29, 0.717) is 22.0 Å². The first-order chi connectivity index (χ1) is 13.0. The van der Waals surface area contributed by atoms with Crippen molar-refractivity contribution in [3.8, 4) is 11.4 Å². The summed E-state index contributed by atoms with van der Waals surface area (Å²) in [6.45, 7) is 0.125. The third-order valence-electron chi connectivity index (χ3n) is 3.93. The molecule has 0 saturated heterocycles. The molecule has 0 radical (unpaired) electrons. The minimum Gasteiger partial charge on any atom is -0.337 e. The maximum absolute atomic E-state index is 12.6. The van der Waals surface area contributed by atoms with Crippen LogP contribution < -0.4 is 0 Å². The quantitative estimate of drug-likeness (QED) is 0.492. The predicted octanol–water partition coefficient (Wildman–Crippen LogP) is 3.98. The van der Waals surface area contributed by atoms with Crippen LogP contribution in [0.25, 0.3) is 11.4 Å². The van der Waals surface area contributed by atoms with E-state index in [4.69, 9.17) is 11.6 Å². The van der Waals surface area contributed by atoms with Crippen molar-refractivity contribution in [2.24, 2.45) is 0 Å². The molecule has 0 aliphatic heterocycles. The Morgan fingerprint density at radius 2 is 1.81 bits per heavy atom. The van der Waals surface area contributed by atoms with Crippen LogP contribution in [-0.2, 0) is 6.54 Å². The number of non-ortho nitro benzene ring substituents is 1. The van der Waals surface area contributed by atoms with Gasteiger partial charge in [-0.2, -0.15) is 0 Å². The third kappa shape index (κ3) is 4.27. The number of halogens is 1. The summed E-state index contributed by atoms with van der Waals surface area (Å²) in [5, 5.41) is 11.3. The molecule has 1 aromatic heterocycles. The molecule has 0 saturated carbocycles. The smallest absolute Gasteiger partial charge is 0.269 e. The molecule has 0 N–H and O–H groups in total. The van der Waals surface area contributed by atoms with Crippen LogP contribution in [0.15, 0.2) is 60.9 Å². The highest BCUT2D eigenvalue weighted by Crippen LogP contribution is 2.23. The van der Waals surface area contributed by atoms with Crippen LogP contribution in [0.5, 0.6) is 0 Å². The molecule has 0 unspecified atom stereocenters. The molecule has 1 amide bonds. The van der Waals surface area contributed by atoms with Gasteiger partial charge in [0.05, 0.1) is 10.5 Å². The predicted molar refractivity (Wildman–Crippen MR) is 101 cm³/mol. The van der Waals surface area contributed by atoms with Gasteiger partial charge in [-0.05, 0) is 11.6 Å². The molecular formula is C19H15ClN4O3. The van der Waals surface area contributed by atoms with Gasteiger partial charge in [0.1, 0.15) is 0 Å². The summed E-state index contributed by atoms with van der Waals surface area (Å²) in [6.07, 6.45) is 2.92. The zero-order valence-corrected chi connectivity index (χ0v) is 15.1. The summed E-state index contributed by atoms with van der Waals surface area (Å²) in [6, 6.07) is 13.6. The van der Waals surface area contributed by atoms with Crippen molar-refractivity contribution in [1.82, 2.24) is 14.9 Å². The fourth-order valence-electron chi connectivity index (χ4n) is 2.52. The lowest BCUT2D eigenvalue weighted by molar-refractivity contribution is -0.384. The van der Waals surface area contributed by atoms with Gasteiger partial charge in [0.25, 0.3) is 11.6 Å². The summed E-state index contributed by atoms with van der Waals surface area (Å²) >= 11 is 6.10. The maximum atomic E-state index is 12.6. The molecular weight excluding hydrogens is 368 g/mol. The van der Waals surface area contributed by atoms with Crippen LogP contribution in [0.1, 0.15) is 15.9 Å². The Labute approximate surface area is 160 Å². The second-order valence-corrected chi connectivity index (χ2v) is 6.26. The summed E-state index contributed by atoms with van der Waals surface area (Å²) in [7, 11) is 1.59. The van der Waals surface area contributed by atoms with E-state index in [1.807, 2.05) is 30.3 Å². The first kappa shape index (κ1) is 18.5. The average molecular weight is 383 g/mol. The Kier molecular flexibility index (Phi) is 5.42. The van der Waals surface area contributed by atoms with Crippen LogP contribution in [0.2, 0.25) is 5.02 Å². The molecule has 0 fully saturated rings. The molecule has 0 atom stereocenters. The Morgan fingerprint density at radius 1 is 1.15 bits per heavy atom. The number of carbonyl (C=O) groups excluding carboxylic acids is 1. The molecule has 2 aromatic carbocycles. The second kappa shape index (κ2) is 7.92. The van der Waals surface area contributed by atoms with E-state index in [1.165, 1.54) is 35.5 Å². The van der Waals surface area contributed by atoms with E-state index in [2.05, 4.69) is 9.97 Å². The van der Waals surface area contributed by atoms with E-state index in [1.54, 1.807) is 7.05 Å². The summed E-state index contributed by atoms with van der Waals surface area (Å²) in [5.74, 6) is 0.216. The Hall–Kier alpha value is -3.32. The third-order valence-corrected chi connectivity index (χ3v) is 4.29. The number of nitrogens with zero attached hydrogens (tertiary/aromatic N) is 4. The zero-order chi connectivity index (χ0) is 19.4. The molecule has 0 aliphatic carbocycles. The van der Waals surface area contributed by atoms with Crippen LogP contribution in [0, 0.1) is 10.1 Å². The molecule has 27 heavy (non-hydrogen) atoms. The van der Waals surface area contributed by atoms with Gasteiger partial charge in [-0.3, -0.25) is 14.9 Å². The van der Waals surface area contributed by atoms with Crippen molar-refractivity contribution in [3.63, 3.8) is 0 Å². The minimum absolute atomic E-state index is 0.0780. The number of carbonyl (C=O) groups is 1. The Morgan fingerprint density at radius 3 is 2.44 bits per heavy atom. The molecule has 0 bridgehead atoms. The fourth-order valence-corrected chi connectivity index (χ4v) is 2.70. The molecule has 136 valence electrons. The lowest BCUT2D eigenvalue weighted by atomic mass is 10.1. The van der Waals surface area contributed by atoms with E-state index in [9.17, 15) is 14.9 Å². The van der Waals surface area contributed by atoms with Crippen molar-refractivity contribution >= 4 is 23.2 Å². The first-order valence-electron chi connectivity index (χ1n) is 8.01. The molecule has 7 nitrogen and oxygen atoms in total. The van der Waals surface area contributed by atoms with Crippen molar-refractivity contribution < 1.29 is 9.72 Å². The second-order valence-electron chi connectivity index (χ2n) is 5.86. The highest BCUT2D eigenvalue weighted by molar-refractivity contribution is 6.31. The van der Waals surface area contributed by atoms with Crippen LogP contribution in [0.4, 0.5) is 5.69 Å². The van der Waals surface area contributed by atoms with Crippen molar-refractivity contribution in [3.05, 3.63) is 87.2 Å². The van der Waals surface area contributed by atoms with Gasteiger partial charge in [0.15, 0.2) is 5.82 Å². The van der Waals surface area contributed by atoms with E-state index in [-0.39, 0.29) is 18.1 Å². The normalized spacial score (nSPS) is 10.4. The van der Waals surface area contributed by atoms with Crippen LogP contribution in [-0.4, -0.2) is 32.7 Å². The summed E-state index contributed by atoms with van der Waals surface area (Å²) in [5.41, 5.74) is 1.58. The van der Waals surface area contributed by atoms with Gasteiger partial charge < -0.3 is 4.90 Å². The SMILES string of the molecule is CN(Cc1cc([N+](=O)[O-])ccc1Cl)C(=O)c1cnc(-c2ccccc2)nc1. The minimum atomic E-state index is -0.502. The van der Waals surface area contributed by atoms with Gasteiger partial charge in [-0.15, -0.1) is 0 Å². The molecule has 3 aromatic rings. The van der Waals surface area contributed by atoms with Crippen LogP contribution >= 0.6 is 11.6 Å². The van der Waals surface area contributed by atoms with E-state index in [0.717, 1.165) is 5.56 Å². The monoisotopic (exact) mass is 382 g/mol. The highest BCUT2D eigenvalue weighted by Gasteiger charge is 2.17. The largest absolute Gasteiger partial charge is 0.337 e. The molecule has 3 rings (SSSR count). The Balaban J connectivity index is 1.76. The molecule has 0 spiro atoms. The van der Waals surface area contributed by atoms with Gasteiger partial charge in [0, 0.05) is 48.7 Å². The Bertz CT molecular complexity index is 978. The standard InChI is InChI=1S/C19H15ClN4O3/c1-23(12-14-9-16(24(26)27)7-8-17(14)20)19(25)15-10-21-18(22-11-15)13-5-3-2-4-6-13/h2-11H,12H2,1H3. The number of rotatable bonds is 5. The summed E-state index contributed by atoms with van der Waals surface area (Å²) in [4.78, 5) is 32.9. The average Bonchev–Trinajstić information content (AvgIpc) is 2.69. The number of benzene rings is 2. The molecule has 0 aliphatic rings. The maximum Gasteiger partial charge on any atom is 0.269 e. The first-order valence-corrected chi connectivity index (χ1v) is 8.39. The van der Waals surface area contributed by atoms with Gasteiger partial charge in [-0.1, -0.05) is 41.9 Å². The van der Waals surface area contributed by atoms with Crippen molar-refractivity contribution in [2.45, 2.75) is 6.54 Å². The zero-order valence-electron chi connectivity index (χ0n) is 14.4. The number of nitro benzene ring substituents is 1. The highest BCUT2D eigenvalue weighted by atomic mass is 35.5.